The molecule has 0 aliphatic heterocycles. The highest BCUT2D eigenvalue weighted by Gasteiger charge is 2.10. The van der Waals surface area contributed by atoms with Crippen LogP contribution in [-0.2, 0) is 11.2 Å². The number of hydrogen-bond acceptors (Lipinski definition) is 2. The van der Waals surface area contributed by atoms with Crippen molar-refractivity contribution in [1.82, 2.24) is 15.3 Å². The van der Waals surface area contributed by atoms with E-state index in [9.17, 15) is 4.79 Å². The topological polar surface area (TPSA) is 57.8 Å². The summed E-state index contributed by atoms with van der Waals surface area (Å²) in [5.41, 5.74) is 4.29. The van der Waals surface area contributed by atoms with E-state index in [4.69, 9.17) is 0 Å². The van der Waals surface area contributed by atoms with Gasteiger partial charge < -0.3 is 10.3 Å². The highest BCUT2D eigenvalue weighted by Crippen LogP contribution is 2.19. The van der Waals surface area contributed by atoms with Gasteiger partial charge in [0.15, 0.2) is 0 Å². The summed E-state index contributed by atoms with van der Waals surface area (Å²) in [6.07, 6.45) is 1.20. The zero-order chi connectivity index (χ0) is 17.8. The van der Waals surface area contributed by atoms with Crippen LogP contribution in [0.25, 0.3) is 11.0 Å². The van der Waals surface area contributed by atoms with Crippen molar-refractivity contribution in [3.8, 4) is 0 Å². The molecule has 130 valence electrons. The Morgan fingerprint density at radius 3 is 2.60 bits per heavy atom. The van der Waals surface area contributed by atoms with E-state index in [1.165, 1.54) is 0 Å². The molecule has 1 amide bonds. The summed E-state index contributed by atoms with van der Waals surface area (Å²) >= 11 is 0. The maximum absolute atomic E-state index is 12.2. The number of hydrogen-bond donors (Lipinski definition) is 2. The molecule has 0 saturated heterocycles. The van der Waals surface area contributed by atoms with Gasteiger partial charge in [-0.3, -0.25) is 4.79 Å². The van der Waals surface area contributed by atoms with Crippen LogP contribution in [0.15, 0.2) is 48.5 Å². The van der Waals surface area contributed by atoms with Crippen LogP contribution < -0.4 is 5.32 Å². The molecular weight excluding hydrogens is 310 g/mol. The Kier molecular flexibility index (Phi) is 5.17. The summed E-state index contributed by atoms with van der Waals surface area (Å²) in [6, 6.07) is 16.2. The van der Waals surface area contributed by atoms with Gasteiger partial charge in [0.25, 0.3) is 0 Å². The van der Waals surface area contributed by atoms with Gasteiger partial charge >= 0.3 is 0 Å². The zero-order valence-electron chi connectivity index (χ0n) is 15.0. The molecule has 3 aromatic rings. The van der Waals surface area contributed by atoms with E-state index in [0.29, 0.717) is 12.3 Å². The number of rotatable bonds is 6. The van der Waals surface area contributed by atoms with E-state index in [1.807, 2.05) is 43.3 Å². The van der Waals surface area contributed by atoms with E-state index < -0.39 is 0 Å². The molecule has 0 bridgehead atoms. The number of H-pyrrole nitrogens is 1. The molecule has 0 unspecified atom stereocenters. The van der Waals surface area contributed by atoms with Crippen LogP contribution in [0, 0.1) is 0 Å². The van der Waals surface area contributed by atoms with Crippen LogP contribution in [0.3, 0.4) is 0 Å². The molecule has 1 aromatic heterocycles. The molecule has 25 heavy (non-hydrogen) atoms. The largest absolute Gasteiger partial charge is 0.350 e. The molecule has 4 heteroatoms. The van der Waals surface area contributed by atoms with Crippen LogP contribution in [0.2, 0.25) is 0 Å². The van der Waals surface area contributed by atoms with Crippen molar-refractivity contribution in [3.63, 3.8) is 0 Å². The lowest BCUT2D eigenvalue weighted by Crippen LogP contribution is -2.26. The average Bonchev–Trinajstić information content (AvgIpc) is 3.04. The highest BCUT2D eigenvalue weighted by atomic mass is 16.1. The summed E-state index contributed by atoms with van der Waals surface area (Å²) in [5.74, 6) is 1.45. The SMILES string of the molecule is CC(C)c1nc2ccc(CCC(=O)N[C@@H](C)c3ccccc3)cc2[nH]1. The monoisotopic (exact) mass is 335 g/mol. The third kappa shape index (κ3) is 4.27. The molecule has 0 aliphatic rings. The van der Waals surface area contributed by atoms with E-state index >= 15 is 0 Å². The Hall–Kier alpha value is -2.62. The molecule has 4 nitrogen and oxygen atoms in total. The minimum Gasteiger partial charge on any atom is -0.350 e. The van der Waals surface area contributed by atoms with Crippen LogP contribution in [0.5, 0.6) is 0 Å². The molecule has 1 atom stereocenters. The minimum atomic E-state index is 0.0254. The summed E-state index contributed by atoms with van der Waals surface area (Å²) in [5, 5.41) is 3.06. The third-order valence-electron chi connectivity index (χ3n) is 4.43. The van der Waals surface area contributed by atoms with Gasteiger partial charge in [-0.1, -0.05) is 50.2 Å². The smallest absolute Gasteiger partial charge is 0.220 e. The van der Waals surface area contributed by atoms with Crippen molar-refractivity contribution in [2.75, 3.05) is 0 Å². The second-order valence-corrected chi connectivity index (χ2v) is 6.83. The van der Waals surface area contributed by atoms with Gasteiger partial charge in [0.2, 0.25) is 5.91 Å². The number of imidazole rings is 1. The van der Waals surface area contributed by atoms with Crippen LogP contribution in [0.1, 0.15) is 56.1 Å². The first-order valence-electron chi connectivity index (χ1n) is 8.86. The molecule has 0 saturated carbocycles. The predicted molar refractivity (Wildman–Crippen MR) is 102 cm³/mol. The number of carbonyl (C=O) groups excluding carboxylic acids is 1. The lowest BCUT2D eigenvalue weighted by molar-refractivity contribution is -0.121. The van der Waals surface area contributed by atoms with Crippen LogP contribution in [-0.4, -0.2) is 15.9 Å². The lowest BCUT2D eigenvalue weighted by atomic mass is 10.1. The number of benzene rings is 2. The van der Waals surface area contributed by atoms with E-state index in [1.54, 1.807) is 0 Å². The molecule has 3 rings (SSSR count). The number of aryl methyl sites for hydroxylation is 1. The fourth-order valence-corrected chi connectivity index (χ4v) is 2.90. The maximum Gasteiger partial charge on any atom is 0.220 e. The zero-order valence-corrected chi connectivity index (χ0v) is 15.0. The lowest BCUT2D eigenvalue weighted by Gasteiger charge is -2.14. The van der Waals surface area contributed by atoms with Gasteiger partial charge in [-0.05, 0) is 36.6 Å². The van der Waals surface area contributed by atoms with Gasteiger partial charge in [-0.15, -0.1) is 0 Å². The van der Waals surface area contributed by atoms with Crippen molar-refractivity contribution in [2.24, 2.45) is 0 Å². The van der Waals surface area contributed by atoms with Crippen molar-refractivity contribution in [1.29, 1.82) is 0 Å². The van der Waals surface area contributed by atoms with Crippen molar-refractivity contribution in [2.45, 2.75) is 45.6 Å². The van der Waals surface area contributed by atoms with Gasteiger partial charge in [-0.2, -0.15) is 0 Å². The summed E-state index contributed by atoms with van der Waals surface area (Å²) in [6.45, 7) is 6.26. The molecule has 0 spiro atoms. The molecule has 0 radical (unpaired) electrons. The standard InChI is InChI=1S/C21H25N3O/c1-14(2)21-23-18-11-9-16(13-19(18)24-21)10-12-20(25)22-15(3)17-7-5-4-6-8-17/h4-9,11,13-15H,10,12H2,1-3H3,(H,22,25)(H,23,24)/t15-/m0/s1. The number of amides is 1. The van der Waals surface area contributed by atoms with Crippen molar-refractivity contribution >= 4 is 16.9 Å². The molecular formula is C21H25N3O. The third-order valence-corrected chi connectivity index (χ3v) is 4.43. The Balaban J connectivity index is 1.59. The van der Waals surface area contributed by atoms with E-state index in [-0.39, 0.29) is 11.9 Å². The summed E-state index contributed by atoms with van der Waals surface area (Å²) < 4.78 is 0. The number of aromatic amines is 1. The first-order chi connectivity index (χ1) is 12.0. The molecule has 1 heterocycles. The summed E-state index contributed by atoms with van der Waals surface area (Å²) in [7, 11) is 0. The number of nitrogens with one attached hydrogen (secondary N) is 2. The van der Waals surface area contributed by atoms with E-state index in [2.05, 4.69) is 41.3 Å². The second kappa shape index (κ2) is 7.51. The van der Waals surface area contributed by atoms with E-state index in [0.717, 1.165) is 34.4 Å². The highest BCUT2D eigenvalue weighted by molar-refractivity contribution is 5.78. The fraction of sp³-hybridized carbons (Fsp3) is 0.333. The Bertz CT molecular complexity index is 852. The Labute approximate surface area is 148 Å². The minimum absolute atomic E-state index is 0.0254. The predicted octanol–water partition coefficient (Wildman–Crippen LogP) is 4.50. The number of nitrogens with zero attached hydrogens (tertiary/aromatic N) is 1. The first-order valence-corrected chi connectivity index (χ1v) is 8.86. The first kappa shape index (κ1) is 17.2. The number of carbonyl (C=O) groups is 1. The molecule has 0 aliphatic carbocycles. The van der Waals surface area contributed by atoms with Crippen molar-refractivity contribution < 1.29 is 4.79 Å². The number of aromatic nitrogens is 2. The van der Waals surface area contributed by atoms with Gasteiger partial charge in [0.05, 0.1) is 17.1 Å². The van der Waals surface area contributed by atoms with Gasteiger partial charge in [-0.25, -0.2) is 4.98 Å². The van der Waals surface area contributed by atoms with Crippen LogP contribution >= 0.6 is 0 Å². The quantitative estimate of drug-likeness (QED) is 0.697. The molecule has 2 aromatic carbocycles. The van der Waals surface area contributed by atoms with Gasteiger partial charge in [0, 0.05) is 12.3 Å². The maximum atomic E-state index is 12.2. The average molecular weight is 335 g/mol. The Morgan fingerprint density at radius 1 is 1.12 bits per heavy atom. The second-order valence-electron chi connectivity index (χ2n) is 6.83. The molecule has 2 N–H and O–H groups in total. The van der Waals surface area contributed by atoms with Crippen LogP contribution in [0.4, 0.5) is 0 Å². The number of fused-ring (bicyclic) bond motifs is 1. The van der Waals surface area contributed by atoms with Gasteiger partial charge in [0.1, 0.15) is 5.82 Å². The normalized spacial score (nSPS) is 12.5. The molecule has 0 fully saturated rings. The fourth-order valence-electron chi connectivity index (χ4n) is 2.90. The Morgan fingerprint density at radius 2 is 1.88 bits per heavy atom. The van der Waals surface area contributed by atoms with Crippen molar-refractivity contribution in [3.05, 3.63) is 65.5 Å². The summed E-state index contributed by atoms with van der Waals surface area (Å²) in [4.78, 5) is 20.2.